The van der Waals surface area contributed by atoms with Crippen LogP contribution in [0.25, 0.3) is 11.4 Å². The number of amides is 2. The van der Waals surface area contributed by atoms with Crippen LogP contribution >= 0.6 is 23.1 Å². The molecule has 0 aromatic carbocycles. The molecule has 3 aromatic rings. The minimum absolute atomic E-state index is 0.130. The topological polar surface area (TPSA) is 106 Å². The van der Waals surface area contributed by atoms with E-state index in [0.29, 0.717) is 20.9 Å². The van der Waals surface area contributed by atoms with Gasteiger partial charge in [0, 0.05) is 20.6 Å². The Hall–Kier alpha value is -2.66. The molecule has 0 aliphatic rings. The van der Waals surface area contributed by atoms with Gasteiger partial charge in [-0.15, -0.1) is 10.2 Å². The van der Waals surface area contributed by atoms with Crippen LogP contribution < -0.4 is 5.32 Å². The van der Waals surface area contributed by atoms with E-state index < -0.39 is 0 Å². The number of carbonyl (C=O) groups is 2. The molecule has 0 saturated carbocycles. The number of aryl methyl sites for hydroxylation is 2. The van der Waals surface area contributed by atoms with Crippen molar-refractivity contribution in [3.63, 3.8) is 0 Å². The highest BCUT2D eigenvalue weighted by molar-refractivity contribution is 7.99. The summed E-state index contributed by atoms with van der Waals surface area (Å²) in [5.41, 5.74) is 1.49. The molecule has 0 atom stereocenters. The van der Waals surface area contributed by atoms with Gasteiger partial charge in [0.15, 0.2) is 16.1 Å². The Morgan fingerprint density at radius 1 is 1.30 bits per heavy atom. The lowest BCUT2D eigenvalue weighted by Crippen LogP contribution is -2.21. The molecule has 1 N–H and O–H groups in total. The van der Waals surface area contributed by atoms with Crippen molar-refractivity contribution >= 4 is 40.0 Å². The summed E-state index contributed by atoms with van der Waals surface area (Å²) in [6.07, 6.45) is 2.53. The van der Waals surface area contributed by atoms with E-state index in [1.54, 1.807) is 27.3 Å². The fourth-order valence-electron chi connectivity index (χ4n) is 2.77. The maximum Gasteiger partial charge on any atom is 0.265 e. The number of nitrogens with one attached hydrogen (secondary N) is 1. The number of hydrogen-bond acceptors (Lipinski definition) is 8. The molecule has 0 spiro atoms. The molecule has 0 saturated heterocycles. The molecule has 160 valence electrons. The fraction of sp³-hybridized carbons (Fsp3) is 0.421. The molecule has 3 aromatic heterocycles. The molecule has 9 nitrogen and oxygen atoms in total. The third-order valence-electron chi connectivity index (χ3n) is 4.24. The van der Waals surface area contributed by atoms with Gasteiger partial charge in [-0.2, -0.15) is 0 Å². The zero-order valence-electron chi connectivity index (χ0n) is 17.6. The largest absolute Gasteiger partial charge is 0.469 e. The molecule has 11 heteroatoms. The van der Waals surface area contributed by atoms with Crippen molar-refractivity contribution in [2.24, 2.45) is 0 Å². The quantitative estimate of drug-likeness (QED) is 0.526. The van der Waals surface area contributed by atoms with Gasteiger partial charge in [-0.1, -0.05) is 30.0 Å². The first-order chi connectivity index (χ1) is 14.3. The molecule has 0 fully saturated rings. The average Bonchev–Trinajstić information content (AvgIpc) is 3.38. The highest BCUT2D eigenvalue weighted by atomic mass is 32.2. The molecule has 30 heavy (non-hydrogen) atoms. The highest BCUT2D eigenvalue weighted by Crippen LogP contribution is 2.28. The average molecular weight is 449 g/mol. The van der Waals surface area contributed by atoms with Crippen LogP contribution in [0, 0.1) is 13.8 Å². The van der Waals surface area contributed by atoms with Gasteiger partial charge in [-0.25, -0.2) is 4.98 Å². The lowest BCUT2D eigenvalue weighted by molar-refractivity contribution is -0.113. The van der Waals surface area contributed by atoms with Crippen molar-refractivity contribution in [3.8, 4) is 11.4 Å². The summed E-state index contributed by atoms with van der Waals surface area (Å²) in [6.45, 7) is 6.44. The second kappa shape index (κ2) is 9.43. The number of aromatic nitrogens is 4. The molecular weight excluding hydrogens is 424 g/mol. The molecule has 0 aliphatic carbocycles. The Bertz CT molecular complexity index is 1050. The normalized spacial score (nSPS) is 11.0. The van der Waals surface area contributed by atoms with Gasteiger partial charge in [0.25, 0.3) is 5.91 Å². The number of carbonyl (C=O) groups excluding carboxylic acids is 2. The van der Waals surface area contributed by atoms with Crippen molar-refractivity contribution in [2.45, 2.75) is 38.9 Å². The second-order valence-electron chi connectivity index (χ2n) is 6.82. The number of nitrogens with zero attached hydrogens (tertiary/aromatic N) is 5. The number of rotatable bonds is 8. The van der Waals surface area contributed by atoms with Gasteiger partial charge >= 0.3 is 0 Å². The Kier molecular flexibility index (Phi) is 6.93. The van der Waals surface area contributed by atoms with E-state index in [0.717, 1.165) is 30.1 Å². The third-order valence-corrected chi connectivity index (χ3v) is 6.27. The second-order valence-corrected chi connectivity index (χ2v) is 8.76. The van der Waals surface area contributed by atoms with Crippen molar-refractivity contribution in [3.05, 3.63) is 28.7 Å². The zero-order valence-corrected chi connectivity index (χ0v) is 19.2. The number of thiazole rings is 1. The molecule has 0 unspecified atom stereocenters. The van der Waals surface area contributed by atoms with Gasteiger partial charge in [0.1, 0.15) is 10.6 Å². The molecule has 3 rings (SSSR count). The van der Waals surface area contributed by atoms with Gasteiger partial charge in [-0.05, 0) is 26.3 Å². The van der Waals surface area contributed by atoms with Crippen LogP contribution in [-0.2, 0) is 11.3 Å². The first-order valence-corrected chi connectivity index (χ1v) is 11.2. The van der Waals surface area contributed by atoms with Crippen LogP contribution in [0.3, 0.4) is 0 Å². The maximum absolute atomic E-state index is 12.4. The summed E-state index contributed by atoms with van der Waals surface area (Å²) in [4.78, 5) is 30.9. The highest BCUT2D eigenvalue weighted by Gasteiger charge is 2.20. The van der Waals surface area contributed by atoms with E-state index in [1.807, 2.05) is 17.6 Å². The Labute approximate surface area is 182 Å². The number of furan rings is 1. The zero-order chi connectivity index (χ0) is 21.8. The van der Waals surface area contributed by atoms with E-state index in [2.05, 4.69) is 27.4 Å². The van der Waals surface area contributed by atoms with Crippen molar-refractivity contribution in [1.29, 1.82) is 0 Å². The number of hydrogen-bond donors (Lipinski definition) is 1. The molecule has 2 amide bonds. The first kappa shape index (κ1) is 22.0. The first-order valence-electron chi connectivity index (χ1n) is 9.41. The molecule has 0 aliphatic heterocycles. The van der Waals surface area contributed by atoms with Crippen LogP contribution in [0.5, 0.6) is 0 Å². The summed E-state index contributed by atoms with van der Waals surface area (Å²) in [5, 5.41) is 12.4. The maximum atomic E-state index is 12.4. The summed E-state index contributed by atoms with van der Waals surface area (Å²) >= 11 is 2.48. The van der Waals surface area contributed by atoms with Crippen LogP contribution in [-0.4, -0.2) is 56.3 Å². The molecule has 3 heterocycles. The van der Waals surface area contributed by atoms with Crippen LogP contribution in [0.2, 0.25) is 0 Å². The van der Waals surface area contributed by atoms with Crippen molar-refractivity contribution in [1.82, 2.24) is 24.6 Å². The standard InChI is InChI=1S/C19H24N6O3S2/c1-6-8-25-16(13-7-9-28-12(13)3)22-23-19(25)29-10-14(26)21-18-20-11(2)15(30-18)17(27)24(4)5/h7,9H,6,8,10H2,1-5H3,(H,20,21,26). The predicted octanol–water partition coefficient (Wildman–Crippen LogP) is 3.45. The number of anilines is 1. The van der Waals surface area contributed by atoms with Crippen LogP contribution in [0.15, 0.2) is 21.9 Å². The van der Waals surface area contributed by atoms with Crippen LogP contribution in [0.4, 0.5) is 5.13 Å². The van der Waals surface area contributed by atoms with Crippen molar-refractivity contribution in [2.75, 3.05) is 25.2 Å². The molecule has 0 bridgehead atoms. The third kappa shape index (κ3) is 4.73. The molecular formula is C19H24N6O3S2. The smallest absolute Gasteiger partial charge is 0.265 e. The van der Waals surface area contributed by atoms with E-state index in [4.69, 9.17) is 4.42 Å². The minimum atomic E-state index is -0.218. The van der Waals surface area contributed by atoms with Crippen molar-refractivity contribution < 1.29 is 14.0 Å². The van der Waals surface area contributed by atoms with Gasteiger partial charge < -0.3 is 19.2 Å². The van der Waals surface area contributed by atoms with E-state index in [9.17, 15) is 9.59 Å². The van der Waals surface area contributed by atoms with E-state index >= 15 is 0 Å². The van der Waals surface area contributed by atoms with Gasteiger partial charge in [0.05, 0.1) is 23.3 Å². The number of thioether (sulfide) groups is 1. The Balaban J connectivity index is 1.68. The Morgan fingerprint density at radius 2 is 2.07 bits per heavy atom. The van der Waals surface area contributed by atoms with E-state index in [-0.39, 0.29) is 17.6 Å². The minimum Gasteiger partial charge on any atom is -0.469 e. The summed E-state index contributed by atoms with van der Waals surface area (Å²) in [5.74, 6) is 1.31. The summed E-state index contributed by atoms with van der Waals surface area (Å²) in [7, 11) is 3.37. The lowest BCUT2D eigenvalue weighted by Gasteiger charge is -2.08. The predicted molar refractivity (Wildman–Crippen MR) is 117 cm³/mol. The summed E-state index contributed by atoms with van der Waals surface area (Å²) < 4.78 is 7.38. The monoisotopic (exact) mass is 448 g/mol. The fourth-order valence-corrected chi connectivity index (χ4v) is 4.54. The lowest BCUT2D eigenvalue weighted by atomic mass is 10.2. The van der Waals surface area contributed by atoms with Gasteiger partial charge in [-0.3, -0.25) is 9.59 Å². The summed E-state index contributed by atoms with van der Waals surface area (Å²) in [6, 6.07) is 1.87. The SMILES string of the molecule is CCCn1c(SCC(=O)Nc2nc(C)c(C(=O)N(C)C)s2)nnc1-c1ccoc1C. The van der Waals surface area contributed by atoms with Crippen LogP contribution in [0.1, 0.15) is 34.5 Å². The molecule has 0 radical (unpaired) electrons. The van der Waals surface area contributed by atoms with E-state index in [1.165, 1.54) is 28.0 Å². The van der Waals surface area contributed by atoms with Gasteiger partial charge in [0.2, 0.25) is 5.91 Å². The Morgan fingerprint density at radius 3 is 2.70 bits per heavy atom.